The third-order valence-corrected chi connectivity index (χ3v) is 4.07. The van der Waals surface area contributed by atoms with Crippen molar-refractivity contribution < 1.29 is 14.3 Å². The van der Waals surface area contributed by atoms with E-state index >= 15 is 0 Å². The Morgan fingerprint density at radius 1 is 1.24 bits per heavy atom. The van der Waals surface area contributed by atoms with Crippen molar-refractivity contribution in [2.45, 2.75) is 6.42 Å². The number of Topliss-reactive ketones (excluding diaryl/α,β-unsaturated/α-hetero) is 1. The molecule has 0 unspecified atom stereocenters. The number of ketones is 1. The highest BCUT2D eigenvalue weighted by atomic mass is 35.5. The van der Waals surface area contributed by atoms with Gasteiger partial charge in [-0.15, -0.1) is 0 Å². The van der Waals surface area contributed by atoms with Gasteiger partial charge in [0.15, 0.2) is 5.78 Å². The molecular formula is C16H14ClNO3. The van der Waals surface area contributed by atoms with E-state index in [2.05, 4.69) is 0 Å². The summed E-state index contributed by atoms with van der Waals surface area (Å²) in [5.74, 6) is -0.543. The summed E-state index contributed by atoms with van der Waals surface area (Å²) in [6, 6.07) is 8.95. The van der Waals surface area contributed by atoms with Crippen LogP contribution in [0.1, 0.15) is 16.8 Å². The van der Waals surface area contributed by atoms with Crippen LogP contribution in [-0.2, 0) is 9.53 Å². The zero-order chi connectivity index (χ0) is 15.0. The van der Waals surface area contributed by atoms with Gasteiger partial charge in [0.05, 0.1) is 35.5 Å². The normalized spacial score (nSPS) is 17.3. The Bertz CT molecular complexity index is 676. The van der Waals surface area contributed by atoms with Crippen molar-refractivity contribution in [3.05, 3.63) is 57.8 Å². The fourth-order valence-electron chi connectivity index (χ4n) is 2.80. The van der Waals surface area contributed by atoms with E-state index in [9.17, 15) is 9.59 Å². The fourth-order valence-corrected chi connectivity index (χ4v) is 3.12. The van der Waals surface area contributed by atoms with Crippen LogP contribution >= 0.6 is 11.6 Å². The lowest BCUT2D eigenvalue weighted by Gasteiger charge is -2.14. The molecule has 2 heterocycles. The van der Waals surface area contributed by atoms with Crippen LogP contribution in [0.4, 0.5) is 0 Å². The molecule has 0 atom stereocenters. The predicted octanol–water partition coefficient (Wildman–Crippen LogP) is 2.51. The van der Waals surface area contributed by atoms with Crippen molar-refractivity contribution in [2.24, 2.45) is 0 Å². The van der Waals surface area contributed by atoms with Crippen molar-refractivity contribution >= 4 is 23.4 Å². The Morgan fingerprint density at radius 2 is 1.95 bits per heavy atom. The zero-order valence-corrected chi connectivity index (χ0v) is 12.3. The highest BCUT2D eigenvalue weighted by Gasteiger charge is 2.38. The van der Waals surface area contributed by atoms with Gasteiger partial charge in [-0.05, 0) is 6.42 Å². The third-order valence-electron chi connectivity index (χ3n) is 3.77. The molecule has 0 radical (unpaired) electrons. The molecule has 0 bridgehead atoms. The summed E-state index contributed by atoms with van der Waals surface area (Å²) in [5.41, 5.74) is 2.17. The number of carbonyl (C=O) groups is 2. The van der Waals surface area contributed by atoms with Gasteiger partial charge in [-0.3, -0.25) is 4.79 Å². The monoisotopic (exact) mass is 303 g/mol. The van der Waals surface area contributed by atoms with Crippen LogP contribution in [-0.4, -0.2) is 36.9 Å². The molecule has 0 aromatic heterocycles. The van der Waals surface area contributed by atoms with E-state index in [-0.39, 0.29) is 5.78 Å². The first kappa shape index (κ1) is 13.9. The van der Waals surface area contributed by atoms with Crippen molar-refractivity contribution in [2.75, 3.05) is 20.2 Å². The molecule has 1 aromatic carbocycles. The lowest BCUT2D eigenvalue weighted by Crippen LogP contribution is -2.17. The maximum atomic E-state index is 12.7. The quantitative estimate of drug-likeness (QED) is 0.636. The summed E-state index contributed by atoms with van der Waals surface area (Å²) in [6.07, 6.45) is 0.581. The number of hydrogen-bond acceptors (Lipinski definition) is 4. The Morgan fingerprint density at radius 3 is 2.62 bits per heavy atom. The number of rotatable bonds is 3. The van der Waals surface area contributed by atoms with E-state index < -0.39 is 5.97 Å². The standard InChI is InChI=1S/C16H14ClNO3/c1-21-16(20)11-7-8-18-9-12(17)13(14(11)18)15(19)10-5-3-2-4-6-10/h2-6H,7-9H2,1H3. The van der Waals surface area contributed by atoms with Gasteiger partial charge in [-0.1, -0.05) is 41.9 Å². The Balaban J connectivity index is 2.06. The first-order valence-corrected chi connectivity index (χ1v) is 7.06. The van der Waals surface area contributed by atoms with Crippen molar-refractivity contribution in [3.8, 4) is 0 Å². The summed E-state index contributed by atoms with van der Waals surface area (Å²) < 4.78 is 4.81. The molecule has 0 saturated heterocycles. The van der Waals surface area contributed by atoms with E-state index in [1.165, 1.54) is 7.11 Å². The largest absolute Gasteiger partial charge is 0.466 e. The molecule has 21 heavy (non-hydrogen) atoms. The molecule has 108 valence electrons. The number of fused-ring (bicyclic) bond motifs is 1. The zero-order valence-electron chi connectivity index (χ0n) is 11.6. The molecule has 0 amide bonds. The molecule has 0 N–H and O–H groups in total. The Hall–Kier alpha value is -2.07. The first-order valence-electron chi connectivity index (χ1n) is 6.68. The fraction of sp³-hybridized carbons (Fsp3) is 0.250. The van der Waals surface area contributed by atoms with E-state index in [0.717, 1.165) is 0 Å². The molecule has 4 nitrogen and oxygen atoms in total. The van der Waals surface area contributed by atoms with Crippen LogP contribution < -0.4 is 0 Å². The third kappa shape index (κ3) is 2.25. The number of ether oxygens (including phenoxy) is 1. The van der Waals surface area contributed by atoms with Gasteiger partial charge in [-0.25, -0.2) is 4.79 Å². The summed E-state index contributed by atoms with van der Waals surface area (Å²) >= 11 is 6.27. The van der Waals surface area contributed by atoms with Crippen molar-refractivity contribution in [1.29, 1.82) is 0 Å². The molecule has 0 fully saturated rings. The van der Waals surface area contributed by atoms with Crippen LogP contribution in [0.3, 0.4) is 0 Å². The molecule has 2 aliphatic rings. The molecule has 0 saturated carbocycles. The maximum Gasteiger partial charge on any atom is 0.335 e. The molecule has 5 heteroatoms. The summed E-state index contributed by atoms with van der Waals surface area (Å²) in [4.78, 5) is 26.5. The second-order valence-corrected chi connectivity index (χ2v) is 5.42. The van der Waals surface area contributed by atoms with Gasteiger partial charge < -0.3 is 9.64 Å². The topological polar surface area (TPSA) is 46.6 Å². The second kappa shape index (κ2) is 5.37. The number of esters is 1. The number of nitrogens with zero attached hydrogens (tertiary/aromatic N) is 1. The first-order chi connectivity index (χ1) is 10.1. The average Bonchev–Trinajstić information content (AvgIpc) is 3.04. The minimum Gasteiger partial charge on any atom is -0.466 e. The van der Waals surface area contributed by atoms with Crippen LogP contribution in [0.2, 0.25) is 0 Å². The molecule has 2 aliphatic heterocycles. The number of halogens is 1. The second-order valence-electron chi connectivity index (χ2n) is 4.97. The predicted molar refractivity (Wildman–Crippen MR) is 78.9 cm³/mol. The van der Waals surface area contributed by atoms with Crippen LogP contribution in [0.25, 0.3) is 0 Å². The van der Waals surface area contributed by atoms with Gasteiger partial charge in [0, 0.05) is 12.1 Å². The van der Waals surface area contributed by atoms with Crippen LogP contribution in [0, 0.1) is 0 Å². The van der Waals surface area contributed by atoms with E-state index in [1.807, 2.05) is 11.0 Å². The van der Waals surface area contributed by atoms with Crippen molar-refractivity contribution in [3.63, 3.8) is 0 Å². The van der Waals surface area contributed by atoms with Crippen LogP contribution in [0.15, 0.2) is 52.2 Å². The molecule has 3 rings (SSSR count). The minimum absolute atomic E-state index is 0.151. The Labute approximate surface area is 127 Å². The van der Waals surface area contributed by atoms with E-state index in [1.54, 1.807) is 24.3 Å². The number of allylic oxidation sites excluding steroid dienone is 1. The van der Waals surface area contributed by atoms with Crippen LogP contribution in [0.5, 0.6) is 0 Å². The van der Waals surface area contributed by atoms with Crippen molar-refractivity contribution in [1.82, 2.24) is 4.90 Å². The van der Waals surface area contributed by atoms with E-state index in [0.29, 0.717) is 46.9 Å². The maximum absolute atomic E-state index is 12.7. The number of hydrogen-bond donors (Lipinski definition) is 0. The van der Waals surface area contributed by atoms with E-state index in [4.69, 9.17) is 16.3 Å². The van der Waals surface area contributed by atoms with Gasteiger partial charge in [-0.2, -0.15) is 0 Å². The lowest BCUT2D eigenvalue weighted by atomic mass is 9.99. The smallest absolute Gasteiger partial charge is 0.335 e. The summed E-state index contributed by atoms with van der Waals surface area (Å²) in [6.45, 7) is 1.16. The van der Waals surface area contributed by atoms with Gasteiger partial charge >= 0.3 is 5.97 Å². The summed E-state index contributed by atoms with van der Waals surface area (Å²) in [5, 5.41) is 0.486. The SMILES string of the molecule is COC(=O)C1=C2C(C(=O)c3ccccc3)=C(Cl)CN2CC1. The average molecular weight is 304 g/mol. The van der Waals surface area contributed by atoms with Gasteiger partial charge in [0.1, 0.15) is 0 Å². The number of methoxy groups -OCH3 is 1. The van der Waals surface area contributed by atoms with Gasteiger partial charge in [0.2, 0.25) is 0 Å². The number of benzene rings is 1. The molecule has 1 aromatic rings. The lowest BCUT2D eigenvalue weighted by molar-refractivity contribution is -0.136. The summed E-state index contributed by atoms with van der Waals surface area (Å²) in [7, 11) is 1.34. The molecular weight excluding hydrogens is 290 g/mol. The number of carbonyl (C=O) groups excluding carboxylic acids is 2. The Kier molecular flexibility index (Phi) is 3.55. The molecule has 0 spiro atoms. The molecule has 0 aliphatic carbocycles. The highest BCUT2D eigenvalue weighted by molar-refractivity contribution is 6.34. The van der Waals surface area contributed by atoms with Gasteiger partial charge in [0.25, 0.3) is 0 Å². The highest BCUT2D eigenvalue weighted by Crippen LogP contribution is 2.39. The minimum atomic E-state index is -0.391.